The number of rotatable bonds is 5. The van der Waals surface area contributed by atoms with Crippen molar-refractivity contribution in [2.24, 2.45) is 0 Å². The van der Waals surface area contributed by atoms with Gasteiger partial charge in [-0.2, -0.15) is 9.57 Å². The number of nitrogens with zero attached hydrogens (tertiary/aromatic N) is 3. The Morgan fingerprint density at radius 2 is 1.68 bits per heavy atom. The molecule has 1 aliphatic heterocycles. The van der Waals surface area contributed by atoms with Gasteiger partial charge in [-0.3, -0.25) is 10.1 Å². The second-order valence-corrected chi connectivity index (χ2v) is 8.38. The van der Waals surface area contributed by atoms with E-state index in [0.29, 0.717) is 24.4 Å². The Morgan fingerprint density at radius 3 is 2.25 bits per heavy atom. The van der Waals surface area contributed by atoms with Crippen molar-refractivity contribution in [3.8, 4) is 17.6 Å². The van der Waals surface area contributed by atoms with Crippen molar-refractivity contribution < 1.29 is 18.1 Å². The van der Waals surface area contributed by atoms with E-state index in [1.165, 1.54) is 40.7 Å². The zero-order valence-corrected chi connectivity index (χ0v) is 15.9. The number of nitro benzene ring substituents is 1. The number of sulfonamides is 1. The van der Waals surface area contributed by atoms with E-state index in [0.717, 1.165) is 31.7 Å². The van der Waals surface area contributed by atoms with E-state index in [4.69, 9.17) is 10.00 Å². The first-order valence-corrected chi connectivity index (χ1v) is 10.3. The van der Waals surface area contributed by atoms with Crippen LogP contribution in [-0.4, -0.2) is 30.7 Å². The highest BCUT2D eigenvalue weighted by Crippen LogP contribution is 2.34. The van der Waals surface area contributed by atoms with Gasteiger partial charge in [0.1, 0.15) is 5.75 Å². The van der Waals surface area contributed by atoms with Gasteiger partial charge in [0.15, 0.2) is 0 Å². The predicted molar refractivity (Wildman–Crippen MR) is 102 cm³/mol. The highest BCUT2D eigenvalue weighted by molar-refractivity contribution is 7.89. The minimum Gasteiger partial charge on any atom is -0.450 e. The third kappa shape index (κ3) is 4.30. The fraction of sp³-hybridized carbons (Fsp3) is 0.316. The summed E-state index contributed by atoms with van der Waals surface area (Å²) < 4.78 is 32.7. The van der Waals surface area contributed by atoms with Gasteiger partial charge in [0, 0.05) is 19.2 Å². The second-order valence-electron chi connectivity index (χ2n) is 6.44. The van der Waals surface area contributed by atoms with Crippen LogP contribution in [0.1, 0.15) is 31.2 Å². The highest BCUT2D eigenvalue weighted by Gasteiger charge is 2.28. The van der Waals surface area contributed by atoms with E-state index in [9.17, 15) is 18.5 Å². The average molecular weight is 401 g/mol. The van der Waals surface area contributed by atoms with Crippen molar-refractivity contribution in [3.05, 3.63) is 58.1 Å². The van der Waals surface area contributed by atoms with Crippen LogP contribution in [0.25, 0.3) is 0 Å². The van der Waals surface area contributed by atoms with Gasteiger partial charge < -0.3 is 4.74 Å². The van der Waals surface area contributed by atoms with Crippen molar-refractivity contribution in [2.45, 2.75) is 30.6 Å². The molecular weight excluding hydrogens is 382 g/mol. The van der Waals surface area contributed by atoms with E-state index < -0.39 is 20.6 Å². The molecule has 8 nitrogen and oxygen atoms in total. The number of nitriles is 1. The van der Waals surface area contributed by atoms with Crippen LogP contribution in [0.3, 0.4) is 0 Å². The zero-order valence-electron chi connectivity index (χ0n) is 15.1. The van der Waals surface area contributed by atoms with Crippen LogP contribution in [-0.2, 0) is 10.0 Å². The number of nitro groups is 1. The van der Waals surface area contributed by atoms with Crippen LogP contribution in [0.5, 0.6) is 11.5 Å². The van der Waals surface area contributed by atoms with E-state index in [1.54, 1.807) is 0 Å². The first kappa shape index (κ1) is 19.8. The molecule has 1 heterocycles. The maximum atomic E-state index is 12.9. The first-order valence-electron chi connectivity index (χ1n) is 8.88. The number of ether oxygens (including phenoxy) is 1. The molecule has 0 N–H and O–H groups in total. The third-order valence-electron chi connectivity index (χ3n) is 4.54. The minimum absolute atomic E-state index is 0.0653. The largest absolute Gasteiger partial charge is 0.450 e. The highest BCUT2D eigenvalue weighted by atomic mass is 32.2. The van der Waals surface area contributed by atoms with Gasteiger partial charge >= 0.3 is 5.69 Å². The standard InChI is InChI=1S/C19H19N3O5S/c20-14-15-5-7-16(8-6-15)27-19-10-9-17(13-18(19)22(23)24)28(25,26)21-11-3-1-2-4-12-21/h5-10,13H,1-4,11-12H2. The Hall–Kier alpha value is -2.96. The van der Waals surface area contributed by atoms with E-state index >= 15 is 0 Å². The van der Waals surface area contributed by atoms with Crippen LogP contribution in [0.4, 0.5) is 5.69 Å². The Kier molecular flexibility index (Phi) is 5.92. The molecule has 3 rings (SSSR count). The summed E-state index contributed by atoms with van der Waals surface area (Å²) in [5.41, 5.74) is 0.000924. The number of hydrogen-bond acceptors (Lipinski definition) is 6. The Labute approximate surface area is 163 Å². The summed E-state index contributed by atoms with van der Waals surface area (Å²) >= 11 is 0. The minimum atomic E-state index is -3.80. The predicted octanol–water partition coefficient (Wildman–Crippen LogP) is 3.82. The second kappa shape index (κ2) is 8.37. The average Bonchev–Trinajstić information content (AvgIpc) is 2.98. The number of benzene rings is 2. The summed E-state index contributed by atoms with van der Waals surface area (Å²) in [6.07, 6.45) is 3.51. The molecule has 0 saturated carbocycles. The normalized spacial score (nSPS) is 15.4. The topological polar surface area (TPSA) is 114 Å². The molecule has 0 radical (unpaired) electrons. The fourth-order valence-corrected chi connectivity index (χ4v) is 4.58. The molecule has 0 spiro atoms. The first-order chi connectivity index (χ1) is 13.4. The van der Waals surface area contributed by atoms with Crippen LogP contribution in [0, 0.1) is 21.4 Å². The van der Waals surface area contributed by atoms with Crippen LogP contribution in [0.2, 0.25) is 0 Å². The molecule has 1 fully saturated rings. The molecule has 2 aromatic rings. The maximum absolute atomic E-state index is 12.9. The third-order valence-corrected chi connectivity index (χ3v) is 6.44. The Morgan fingerprint density at radius 1 is 1.04 bits per heavy atom. The summed E-state index contributed by atoms with van der Waals surface area (Å²) in [4.78, 5) is 10.7. The van der Waals surface area contributed by atoms with Crippen molar-refractivity contribution in [1.29, 1.82) is 5.26 Å². The Balaban J connectivity index is 1.92. The lowest BCUT2D eigenvalue weighted by Gasteiger charge is -2.20. The molecule has 0 amide bonds. The van der Waals surface area contributed by atoms with Gasteiger partial charge in [-0.25, -0.2) is 8.42 Å². The molecule has 2 aromatic carbocycles. The molecule has 0 aliphatic carbocycles. The van der Waals surface area contributed by atoms with Gasteiger partial charge in [0.05, 0.1) is 21.5 Å². The molecule has 0 atom stereocenters. The van der Waals surface area contributed by atoms with Crippen molar-refractivity contribution in [1.82, 2.24) is 4.31 Å². The van der Waals surface area contributed by atoms with E-state index in [-0.39, 0.29) is 10.6 Å². The van der Waals surface area contributed by atoms with E-state index in [1.807, 2.05) is 6.07 Å². The molecule has 1 saturated heterocycles. The summed E-state index contributed by atoms with van der Waals surface area (Å²) in [5.74, 6) is 0.245. The van der Waals surface area contributed by atoms with Crippen molar-refractivity contribution in [2.75, 3.05) is 13.1 Å². The molecule has 28 heavy (non-hydrogen) atoms. The zero-order chi connectivity index (χ0) is 20.1. The van der Waals surface area contributed by atoms with Crippen molar-refractivity contribution in [3.63, 3.8) is 0 Å². The smallest absolute Gasteiger partial charge is 0.312 e. The molecular formula is C19H19N3O5S. The lowest BCUT2D eigenvalue weighted by Crippen LogP contribution is -2.31. The molecule has 1 aliphatic rings. The summed E-state index contributed by atoms with van der Waals surface area (Å²) in [5, 5.41) is 20.3. The fourth-order valence-electron chi connectivity index (χ4n) is 3.04. The molecule has 0 unspecified atom stereocenters. The summed E-state index contributed by atoms with van der Waals surface area (Å²) in [6, 6.07) is 11.7. The monoisotopic (exact) mass is 401 g/mol. The summed E-state index contributed by atoms with van der Waals surface area (Å²) in [6.45, 7) is 0.833. The van der Waals surface area contributed by atoms with Gasteiger partial charge in [-0.15, -0.1) is 0 Å². The maximum Gasteiger partial charge on any atom is 0.312 e. The van der Waals surface area contributed by atoms with Gasteiger partial charge in [-0.05, 0) is 49.2 Å². The quantitative estimate of drug-likeness (QED) is 0.556. The SMILES string of the molecule is N#Cc1ccc(Oc2ccc(S(=O)(=O)N3CCCCCC3)cc2[N+](=O)[O-])cc1. The van der Waals surface area contributed by atoms with Gasteiger partial charge in [-0.1, -0.05) is 12.8 Å². The van der Waals surface area contributed by atoms with Crippen LogP contribution >= 0.6 is 0 Å². The van der Waals surface area contributed by atoms with Gasteiger partial charge in [0.25, 0.3) is 0 Å². The van der Waals surface area contributed by atoms with E-state index in [2.05, 4.69) is 0 Å². The molecule has 9 heteroatoms. The van der Waals surface area contributed by atoms with Gasteiger partial charge in [0.2, 0.25) is 15.8 Å². The molecule has 0 aromatic heterocycles. The molecule has 0 bridgehead atoms. The lowest BCUT2D eigenvalue weighted by molar-refractivity contribution is -0.385. The van der Waals surface area contributed by atoms with Crippen molar-refractivity contribution >= 4 is 15.7 Å². The van der Waals surface area contributed by atoms with Crippen LogP contribution in [0.15, 0.2) is 47.4 Å². The number of hydrogen-bond donors (Lipinski definition) is 0. The van der Waals surface area contributed by atoms with Crippen LogP contribution < -0.4 is 4.74 Å². The summed E-state index contributed by atoms with van der Waals surface area (Å²) in [7, 11) is -3.80. The Bertz CT molecular complexity index is 1000. The lowest BCUT2D eigenvalue weighted by atomic mass is 10.2. The molecule has 146 valence electrons.